The molecular weight excluding hydrogens is 234 g/mol. The van der Waals surface area contributed by atoms with Gasteiger partial charge in [0.15, 0.2) is 0 Å². The van der Waals surface area contributed by atoms with Gasteiger partial charge in [0.25, 0.3) is 5.91 Å². The van der Waals surface area contributed by atoms with Crippen molar-refractivity contribution in [3.63, 3.8) is 0 Å². The van der Waals surface area contributed by atoms with Crippen molar-refractivity contribution in [3.8, 4) is 0 Å². The minimum absolute atomic E-state index is 0.0745. The first-order valence-corrected chi connectivity index (χ1v) is 6.17. The number of pyridine rings is 1. The molecule has 0 N–H and O–H groups in total. The zero-order chi connectivity index (χ0) is 12.3. The van der Waals surface area contributed by atoms with Gasteiger partial charge in [-0.2, -0.15) is 0 Å². The number of carbonyl (C=O) groups is 1. The number of thiazole rings is 1. The van der Waals surface area contributed by atoms with Gasteiger partial charge in [0.05, 0.1) is 17.7 Å². The lowest BCUT2D eigenvalue weighted by Crippen LogP contribution is -2.26. The summed E-state index contributed by atoms with van der Waals surface area (Å²) < 4.78 is 0. The van der Waals surface area contributed by atoms with Crippen molar-refractivity contribution in [2.45, 2.75) is 13.5 Å². The van der Waals surface area contributed by atoms with Crippen molar-refractivity contribution in [1.29, 1.82) is 0 Å². The molecule has 0 aliphatic heterocycles. The molecule has 0 saturated carbocycles. The lowest BCUT2D eigenvalue weighted by atomic mass is 10.3. The van der Waals surface area contributed by atoms with Gasteiger partial charge in [-0.05, 0) is 19.1 Å². The third kappa shape index (κ3) is 2.88. The average Bonchev–Trinajstić information content (AvgIpc) is 2.81. The lowest BCUT2D eigenvalue weighted by molar-refractivity contribution is 0.0778. The normalized spacial score (nSPS) is 10.2. The van der Waals surface area contributed by atoms with Gasteiger partial charge in [0, 0.05) is 18.1 Å². The molecule has 0 radical (unpaired) electrons. The SMILES string of the molecule is Cc1cccc(CN(C)C(=O)c2cscn2)n1. The van der Waals surface area contributed by atoms with Crippen LogP contribution in [0.1, 0.15) is 21.9 Å². The van der Waals surface area contributed by atoms with Crippen LogP contribution >= 0.6 is 11.3 Å². The standard InChI is InChI=1S/C12H13N3OS/c1-9-4-3-5-10(14-9)6-15(2)12(16)11-7-17-8-13-11/h3-5,7-8H,6H2,1-2H3. The first-order valence-electron chi connectivity index (χ1n) is 5.23. The van der Waals surface area contributed by atoms with Gasteiger partial charge < -0.3 is 4.90 Å². The van der Waals surface area contributed by atoms with Crippen LogP contribution < -0.4 is 0 Å². The Kier molecular flexibility index (Phi) is 3.49. The summed E-state index contributed by atoms with van der Waals surface area (Å²) in [6, 6.07) is 5.79. The molecule has 0 aliphatic rings. The highest BCUT2D eigenvalue weighted by atomic mass is 32.1. The van der Waals surface area contributed by atoms with E-state index in [-0.39, 0.29) is 5.91 Å². The summed E-state index contributed by atoms with van der Waals surface area (Å²) in [4.78, 5) is 21.9. The number of hydrogen-bond acceptors (Lipinski definition) is 4. The molecule has 5 heteroatoms. The fraction of sp³-hybridized carbons (Fsp3) is 0.250. The maximum atomic E-state index is 11.9. The minimum Gasteiger partial charge on any atom is -0.334 e. The van der Waals surface area contributed by atoms with E-state index in [2.05, 4.69) is 9.97 Å². The average molecular weight is 247 g/mol. The summed E-state index contributed by atoms with van der Waals surface area (Å²) in [5.74, 6) is -0.0745. The Labute approximate surface area is 104 Å². The molecule has 1 amide bonds. The Bertz CT molecular complexity index is 510. The molecule has 0 saturated heterocycles. The van der Waals surface area contributed by atoms with Gasteiger partial charge in [-0.1, -0.05) is 6.07 Å². The maximum absolute atomic E-state index is 11.9. The van der Waals surface area contributed by atoms with E-state index in [1.165, 1.54) is 11.3 Å². The van der Waals surface area contributed by atoms with Crippen molar-refractivity contribution >= 4 is 17.2 Å². The lowest BCUT2D eigenvalue weighted by Gasteiger charge is -2.15. The van der Waals surface area contributed by atoms with Gasteiger partial charge in [-0.25, -0.2) is 4.98 Å². The summed E-state index contributed by atoms with van der Waals surface area (Å²) in [7, 11) is 1.76. The van der Waals surface area contributed by atoms with Crippen molar-refractivity contribution in [3.05, 3.63) is 46.2 Å². The molecule has 0 fully saturated rings. The van der Waals surface area contributed by atoms with E-state index in [9.17, 15) is 4.79 Å². The third-order valence-electron chi connectivity index (χ3n) is 2.34. The van der Waals surface area contributed by atoms with Crippen LogP contribution in [0.4, 0.5) is 0 Å². The topological polar surface area (TPSA) is 46.1 Å². The number of rotatable bonds is 3. The van der Waals surface area contributed by atoms with Crippen molar-refractivity contribution in [1.82, 2.24) is 14.9 Å². The fourth-order valence-corrected chi connectivity index (χ4v) is 2.04. The summed E-state index contributed by atoms with van der Waals surface area (Å²) in [5.41, 5.74) is 3.99. The molecule has 0 unspecified atom stereocenters. The van der Waals surface area contributed by atoms with Gasteiger partial charge in [-0.15, -0.1) is 11.3 Å². The Morgan fingerprint density at radius 2 is 2.29 bits per heavy atom. The van der Waals surface area contributed by atoms with Gasteiger partial charge in [0.1, 0.15) is 5.69 Å². The molecule has 0 aliphatic carbocycles. The minimum atomic E-state index is -0.0745. The van der Waals surface area contributed by atoms with E-state index in [0.29, 0.717) is 12.2 Å². The van der Waals surface area contributed by atoms with Gasteiger partial charge in [-0.3, -0.25) is 9.78 Å². The second-order valence-corrected chi connectivity index (χ2v) is 4.52. The monoisotopic (exact) mass is 247 g/mol. The molecule has 4 nitrogen and oxygen atoms in total. The van der Waals surface area contributed by atoms with Crippen LogP contribution in [0, 0.1) is 6.92 Å². The van der Waals surface area contributed by atoms with E-state index in [1.54, 1.807) is 22.8 Å². The first kappa shape index (κ1) is 11.7. The molecule has 2 aromatic rings. The van der Waals surface area contributed by atoms with Crippen LogP contribution in [0.3, 0.4) is 0 Å². The van der Waals surface area contributed by atoms with Crippen LogP contribution in [0.15, 0.2) is 29.1 Å². The predicted molar refractivity (Wildman–Crippen MR) is 66.9 cm³/mol. The zero-order valence-electron chi connectivity index (χ0n) is 9.75. The van der Waals surface area contributed by atoms with Crippen molar-refractivity contribution < 1.29 is 4.79 Å². The van der Waals surface area contributed by atoms with E-state index in [4.69, 9.17) is 0 Å². The molecule has 0 atom stereocenters. The number of carbonyl (C=O) groups excluding carboxylic acids is 1. The van der Waals surface area contributed by atoms with Gasteiger partial charge >= 0.3 is 0 Å². The summed E-state index contributed by atoms with van der Waals surface area (Å²) in [6.07, 6.45) is 0. The summed E-state index contributed by atoms with van der Waals surface area (Å²) >= 11 is 1.42. The first-order chi connectivity index (χ1) is 8.16. The second kappa shape index (κ2) is 5.05. The molecule has 2 heterocycles. The molecule has 0 aromatic carbocycles. The third-order valence-corrected chi connectivity index (χ3v) is 2.93. The maximum Gasteiger partial charge on any atom is 0.273 e. The molecule has 2 aromatic heterocycles. The Hall–Kier alpha value is -1.75. The number of hydrogen-bond donors (Lipinski definition) is 0. The van der Waals surface area contributed by atoms with Gasteiger partial charge in [0.2, 0.25) is 0 Å². The second-order valence-electron chi connectivity index (χ2n) is 3.81. The number of nitrogens with zero attached hydrogens (tertiary/aromatic N) is 3. The predicted octanol–water partition coefficient (Wildman–Crippen LogP) is 2.12. The molecule has 17 heavy (non-hydrogen) atoms. The van der Waals surface area contributed by atoms with Crippen molar-refractivity contribution in [2.24, 2.45) is 0 Å². The van der Waals surface area contributed by atoms with E-state index in [0.717, 1.165) is 11.4 Å². The summed E-state index contributed by atoms with van der Waals surface area (Å²) in [5, 5.41) is 1.75. The fourth-order valence-electron chi connectivity index (χ4n) is 1.52. The molecule has 2 rings (SSSR count). The zero-order valence-corrected chi connectivity index (χ0v) is 10.6. The van der Waals surface area contributed by atoms with Crippen LogP contribution in [-0.4, -0.2) is 27.8 Å². The van der Waals surface area contributed by atoms with Crippen molar-refractivity contribution in [2.75, 3.05) is 7.05 Å². The van der Waals surface area contributed by atoms with E-state index in [1.807, 2.05) is 25.1 Å². The highest BCUT2D eigenvalue weighted by molar-refractivity contribution is 7.07. The Balaban J connectivity index is 2.07. The number of amides is 1. The summed E-state index contributed by atoms with van der Waals surface area (Å²) in [6.45, 7) is 2.43. The van der Waals surface area contributed by atoms with Crippen LogP contribution in [-0.2, 0) is 6.54 Å². The number of aromatic nitrogens is 2. The Morgan fingerprint density at radius 1 is 1.47 bits per heavy atom. The molecular formula is C12H13N3OS. The van der Waals surface area contributed by atoms with Crippen LogP contribution in [0.2, 0.25) is 0 Å². The van der Waals surface area contributed by atoms with E-state index >= 15 is 0 Å². The highest BCUT2D eigenvalue weighted by Gasteiger charge is 2.14. The van der Waals surface area contributed by atoms with E-state index < -0.39 is 0 Å². The molecule has 0 spiro atoms. The van der Waals surface area contributed by atoms with Crippen LogP contribution in [0.25, 0.3) is 0 Å². The molecule has 88 valence electrons. The smallest absolute Gasteiger partial charge is 0.273 e. The quantitative estimate of drug-likeness (QED) is 0.834. The Morgan fingerprint density at radius 3 is 2.94 bits per heavy atom. The van der Waals surface area contributed by atoms with Crippen LogP contribution in [0.5, 0.6) is 0 Å². The highest BCUT2D eigenvalue weighted by Crippen LogP contribution is 2.07. The molecule has 0 bridgehead atoms. The largest absolute Gasteiger partial charge is 0.334 e. The number of aryl methyl sites for hydroxylation is 1.